The quantitative estimate of drug-likeness (QED) is 0.468. The van der Waals surface area contributed by atoms with E-state index in [2.05, 4.69) is 30.4 Å². The number of carbonyl (C=O) groups excluding carboxylic acids is 1. The van der Waals surface area contributed by atoms with Crippen LogP contribution in [-0.4, -0.2) is 29.0 Å². The van der Waals surface area contributed by atoms with Crippen LogP contribution >= 0.6 is 0 Å². The molecule has 0 N–H and O–H groups in total. The molecule has 1 unspecified atom stereocenters. The minimum absolute atomic E-state index is 0.0460. The van der Waals surface area contributed by atoms with E-state index in [0.717, 1.165) is 19.4 Å². The number of rotatable bonds is 1. The van der Waals surface area contributed by atoms with Gasteiger partial charge in [0.2, 0.25) is 0 Å². The average molecular weight is 196 g/mol. The second-order valence-corrected chi connectivity index (χ2v) is 4.53. The Hall–Kier alpha value is -1.08. The Morgan fingerprint density at radius 2 is 2.21 bits per heavy atom. The lowest BCUT2D eigenvalue weighted by atomic mass is 10.0. The van der Waals surface area contributed by atoms with Gasteiger partial charge in [-0.2, -0.15) is 0 Å². The molecule has 14 heavy (non-hydrogen) atoms. The molecule has 4 heteroatoms. The molecule has 0 saturated carbocycles. The number of hydrogen-bond acceptors (Lipinski definition) is 4. The first-order valence-corrected chi connectivity index (χ1v) is 4.83. The molecule has 0 bridgehead atoms. The molecular weight excluding hydrogens is 180 g/mol. The van der Waals surface area contributed by atoms with Crippen molar-refractivity contribution >= 4 is 5.97 Å². The highest BCUT2D eigenvalue weighted by Gasteiger charge is 2.38. The van der Waals surface area contributed by atoms with Crippen molar-refractivity contribution in [3.05, 3.63) is 0 Å². The molecule has 0 aromatic heterocycles. The SMILES string of the molecule is CC(C)(C)N1CCCC1C(=O)OC#N. The third-order valence-corrected chi connectivity index (χ3v) is 2.53. The number of esters is 1. The second kappa shape index (κ2) is 3.97. The molecule has 0 aromatic rings. The predicted octanol–water partition coefficient (Wildman–Crippen LogP) is 1.27. The first-order chi connectivity index (χ1) is 6.46. The highest BCUT2D eigenvalue weighted by atomic mass is 16.5. The van der Waals surface area contributed by atoms with Crippen molar-refractivity contribution in [2.24, 2.45) is 0 Å². The van der Waals surface area contributed by atoms with Crippen LogP contribution in [0, 0.1) is 11.5 Å². The molecule has 1 saturated heterocycles. The third-order valence-electron chi connectivity index (χ3n) is 2.53. The molecule has 1 fully saturated rings. The molecule has 1 heterocycles. The standard InChI is InChI=1S/C10H16N2O2/c1-10(2,3)12-6-4-5-8(12)9(13)14-7-11/h8H,4-6H2,1-3H3. The highest BCUT2D eigenvalue weighted by Crippen LogP contribution is 2.26. The fraction of sp³-hybridized carbons (Fsp3) is 0.800. The average Bonchev–Trinajstić information content (AvgIpc) is 2.50. The first kappa shape index (κ1) is 11.0. The Balaban J connectivity index is 2.70. The largest absolute Gasteiger partial charge is 0.350 e. The summed E-state index contributed by atoms with van der Waals surface area (Å²) in [5.41, 5.74) is -0.0460. The molecule has 1 aliphatic rings. The summed E-state index contributed by atoms with van der Waals surface area (Å²) in [6, 6.07) is -0.241. The van der Waals surface area contributed by atoms with Crippen LogP contribution in [0.15, 0.2) is 0 Å². The van der Waals surface area contributed by atoms with Crippen molar-refractivity contribution in [1.29, 1.82) is 5.26 Å². The summed E-state index contributed by atoms with van der Waals surface area (Å²) < 4.78 is 4.38. The first-order valence-electron chi connectivity index (χ1n) is 4.83. The molecule has 4 nitrogen and oxygen atoms in total. The molecule has 0 spiro atoms. The van der Waals surface area contributed by atoms with Gasteiger partial charge in [0.25, 0.3) is 6.26 Å². The number of nitrogens with zero attached hydrogens (tertiary/aromatic N) is 2. The van der Waals surface area contributed by atoms with E-state index < -0.39 is 5.97 Å². The summed E-state index contributed by atoms with van der Waals surface area (Å²) in [4.78, 5) is 13.5. The topological polar surface area (TPSA) is 53.3 Å². The Morgan fingerprint density at radius 3 is 2.71 bits per heavy atom. The van der Waals surface area contributed by atoms with Crippen molar-refractivity contribution in [3.63, 3.8) is 0 Å². The smallest absolute Gasteiger partial charge is 0.338 e. The molecule has 1 rings (SSSR count). The summed E-state index contributed by atoms with van der Waals surface area (Å²) >= 11 is 0. The molecule has 1 aliphatic heterocycles. The van der Waals surface area contributed by atoms with Crippen molar-refractivity contribution in [1.82, 2.24) is 4.90 Å². The second-order valence-electron chi connectivity index (χ2n) is 4.53. The van der Waals surface area contributed by atoms with Crippen LogP contribution in [0.5, 0.6) is 0 Å². The summed E-state index contributed by atoms with van der Waals surface area (Å²) in [5, 5.41) is 8.27. The van der Waals surface area contributed by atoms with Gasteiger partial charge in [0.05, 0.1) is 0 Å². The zero-order valence-electron chi connectivity index (χ0n) is 8.91. The van der Waals surface area contributed by atoms with Gasteiger partial charge < -0.3 is 4.74 Å². The summed E-state index contributed by atoms with van der Waals surface area (Å²) in [7, 11) is 0. The van der Waals surface area contributed by atoms with Gasteiger partial charge in [-0.25, -0.2) is 4.79 Å². The molecule has 0 aliphatic carbocycles. The van der Waals surface area contributed by atoms with E-state index in [1.54, 1.807) is 0 Å². The van der Waals surface area contributed by atoms with Gasteiger partial charge in [0, 0.05) is 5.54 Å². The van der Waals surface area contributed by atoms with E-state index >= 15 is 0 Å². The van der Waals surface area contributed by atoms with Gasteiger partial charge in [-0.15, -0.1) is 5.26 Å². The van der Waals surface area contributed by atoms with Gasteiger partial charge in [0.1, 0.15) is 6.04 Å². The normalized spacial score (nSPS) is 23.1. The Bertz CT molecular complexity index is 262. The number of carbonyl (C=O) groups is 1. The van der Waals surface area contributed by atoms with Crippen molar-refractivity contribution in [2.75, 3.05) is 6.54 Å². The minimum atomic E-state index is -0.417. The van der Waals surface area contributed by atoms with E-state index in [4.69, 9.17) is 5.26 Å². The van der Waals surface area contributed by atoms with Gasteiger partial charge in [-0.1, -0.05) is 0 Å². The van der Waals surface area contributed by atoms with E-state index in [1.165, 1.54) is 6.26 Å². The van der Waals surface area contributed by atoms with Crippen LogP contribution in [-0.2, 0) is 9.53 Å². The van der Waals surface area contributed by atoms with Crippen molar-refractivity contribution in [3.8, 4) is 6.26 Å². The fourth-order valence-corrected chi connectivity index (χ4v) is 1.93. The number of hydrogen-bond donors (Lipinski definition) is 0. The maximum absolute atomic E-state index is 11.4. The molecular formula is C10H16N2O2. The maximum Gasteiger partial charge on any atom is 0.338 e. The Morgan fingerprint density at radius 1 is 1.57 bits per heavy atom. The van der Waals surface area contributed by atoms with E-state index in [0.29, 0.717) is 0 Å². The van der Waals surface area contributed by atoms with Crippen LogP contribution in [0.25, 0.3) is 0 Å². The van der Waals surface area contributed by atoms with E-state index in [1.807, 2.05) is 0 Å². The van der Waals surface area contributed by atoms with Gasteiger partial charge in [0.15, 0.2) is 0 Å². The van der Waals surface area contributed by atoms with E-state index in [-0.39, 0.29) is 11.6 Å². The van der Waals surface area contributed by atoms with Crippen LogP contribution < -0.4 is 0 Å². The zero-order chi connectivity index (χ0) is 10.8. The summed E-state index contributed by atoms with van der Waals surface area (Å²) in [6.45, 7) is 7.08. The van der Waals surface area contributed by atoms with Crippen molar-refractivity contribution in [2.45, 2.75) is 45.2 Å². The third kappa shape index (κ3) is 2.24. The molecule has 0 radical (unpaired) electrons. The lowest BCUT2D eigenvalue weighted by molar-refractivity contribution is -0.143. The predicted molar refractivity (Wildman–Crippen MR) is 51.2 cm³/mol. The number of likely N-dealkylation sites (tertiary alicyclic amines) is 1. The highest BCUT2D eigenvalue weighted by molar-refractivity contribution is 5.77. The van der Waals surface area contributed by atoms with Gasteiger partial charge >= 0.3 is 5.97 Å². The Labute approximate surface area is 84.4 Å². The Kier molecular flexibility index (Phi) is 3.12. The van der Waals surface area contributed by atoms with Crippen LogP contribution in [0.3, 0.4) is 0 Å². The number of ether oxygens (including phenoxy) is 1. The van der Waals surface area contributed by atoms with Crippen molar-refractivity contribution < 1.29 is 9.53 Å². The van der Waals surface area contributed by atoms with Crippen LogP contribution in [0.1, 0.15) is 33.6 Å². The van der Waals surface area contributed by atoms with Crippen LogP contribution in [0.2, 0.25) is 0 Å². The minimum Gasteiger partial charge on any atom is -0.350 e. The van der Waals surface area contributed by atoms with Crippen LogP contribution in [0.4, 0.5) is 0 Å². The lowest BCUT2D eigenvalue weighted by Gasteiger charge is -2.35. The molecule has 0 amide bonds. The van der Waals surface area contributed by atoms with Gasteiger partial charge in [-0.3, -0.25) is 4.90 Å². The fourth-order valence-electron chi connectivity index (χ4n) is 1.93. The number of nitriles is 1. The monoisotopic (exact) mass is 196 g/mol. The summed E-state index contributed by atoms with van der Waals surface area (Å²) in [6.07, 6.45) is 3.22. The lowest BCUT2D eigenvalue weighted by Crippen LogP contribution is -2.48. The molecule has 0 aromatic carbocycles. The zero-order valence-corrected chi connectivity index (χ0v) is 8.91. The molecule has 1 atom stereocenters. The van der Waals surface area contributed by atoms with E-state index in [9.17, 15) is 4.79 Å². The molecule has 78 valence electrons. The maximum atomic E-state index is 11.4. The van der Waals surface area contributed by atoms with Gasteiger partial charge in [-0.05, 0) is 40.2 Å². The summed E-state index contributed by atoms with van der Waals surface area (Å²) in [5.74, 6) is -0.417.